The maximum Gasteiger partial charge on any atom is 0.252 e. The highest BCUT2D eigenvalue weighted by molar-refractivity contribution is 5.85. The van der Waals surface area contributed by atoms with Crippen LogP contribution in [-0.4, -0.2) is 73.5 Å². The predicted molar refractivity (Wildman–Crippen MR) is 132 cm³/mol. The van der Waals surface area contributed by atoms with Gasteiger partial charge in [0.25, 0.3) is 5.78 Å². The van der Waals surface area contributed by atoms with Gasteiger partial charge in [-0.2, -0.15) is 10.1 Å². The Kier molecular flexibility index (Phi) is 7.75. The Morgan fingerprint density at radius 2 is 1.94 bits per heavy atom. The van der Waals surface area contributed by atoms with Gasteiger partial charge in [-0.05, 0) is 37.3 Å². The number of rotatable bonds is 8. The average Bonchev–Trinajstić information content (AvgIpc) is 3.23. The predicted octanol–water partition coefficient (Wildman–Crippen LogP) is 2.59. The van der Waals surface area contributed by atoms with E-state index in [9.17, 15) is 9.59 Å². The van der Waals surface area contributed by atoms with Crippen molar-refractivity contribution in [2.75, 3.05) is 26.2 Å². The third kappa shape index (κ3) is 6.03. The average molecular weight is 479 g/mol. The number of nitrogens with zero attached hydrogens (tertiary/aromatic N) is 6. The third-order valence-corrected chi connectivity index (χ3v) is 6.37. The van der Waals surface area contributed by atoms with E-state index in [-0.39, 0.29) is 30.9 Å². The van der Waals surface area contributed by atoms with Gasteiger partial charge in [0, 0.05) is 37.4 Å². The van der Waals surface area contributed by atoms with Gasteiger partial charge >= 0.3 is 0 Å². The largest absolute Gasteiger partial charge is 0.370 e. The summed E-state index contributed by atoms with van der Waals surface area (Å²) < 4.78 is 7.91. The number of fused-ring (bicyclic) bond motifs is 1. The quantitative estimate of drug-likeness (QED) is 0.494. The topological polar surface area (TPSA) is 92.9 Å². The molecule has 1 aliphatic heterocycles. The van der Waals surface area contributed by atoms with Gasteiger partial charge in [-0.3, -0.25) is 9.59 Å². The number of aryl methyl sites for hydroxylation is 2. The Hall–Kier alpha value is -3.33. The molecule has 2 amide bonds. The summed E-state index contributed by atoms with van der Waals surface area (Å²) in [5.74, 6) is 0.796. The number of aromatic nitrogens is 4. The Bertz CT molecular complexity index is 1180. The van der Waals surface area contributed by atoms with Gasteiger partial charge < -0.3 is 14.5 Å². The summed E-state index contributed by atoms with van der Waals surface area (Å²) in [7, 11) is 0. The summed E-state index contributed by atoms with van der Waals surface area (Å²) in [5.41, 5.74) is 3.82. The Morgan fingerprint density at radius 1 is 1.17 bits per heavy atom. The lowest BCUT2D eigenvalue weighted by Crippen LogP contribution is -2.40. The highest BCUT2D eigenvalue weighted by atomic mass is 16.5. The van der Waals surface area contributed by atoms with Crippen molar-refractivity contribution in [1.29, 1.82) is 0 Å². The summed E-state index contributed by atoms with van der Waals surface area (Å²) in [5, 5.41) is 4.23. The van der Waals surface area contributed by atoms with Gasteiger partial charge in [-0.15, -0.1) is 0 Å². The molecule has 0 N–H and O–H groups in total. The first kappa shape index (κ1) is 24.8. The third-order valence-electron chi connectivity index (χ3n) is 6.37. The standard InChI is InChI=1S/C26H34N6O3/c1-18(2)12-30-13-22(35-16-21-8-6-5-7-9-21)14-31(15-25(30)34)24(33)11-10-23-19(3)29-26-27-17-28-32(26)20(23)4/h5-9,17-18,22H,10-16H2,1-4H3. The minimum Gasteiger partial charge on any atom is -0.370 e. The van der Waals surface area contributed by atoms with Gasteiger partial charge in [-0.1, -0.05) is 44.2 Å². The van der Waals surface area contributed by atoms with Crippen molar-refractivity contribution >= 4 is 17.6 Å². The molecule has 2 aromatic heterocycles. The van der Waals surface area contributed by atoms with Crippen LogP contribution in [0.15, 0.2) is 36.7 Å². The molecule has 1 atom stereocenters. The molecule has 1 saturated heterocycles. The maximum atomic E-state index is 13.3. The number of hydrogen-bond donors (Lipinski definition) is 0. The zero-order chi connectivity index (χ0) is 24.9. The molecular weight excluding hydrogens is 444 g/mol. The zero-order valence-corrected chi connectivity index (χ0v) is 21.0. The van der Waals surface area contributed by atoms with E-state index in [1.54, 1.807) is 9.42 Å². The van der Waals surface area contributed by atoms with Crippen LogP contribution in [0.25, 0.3) is 5.78 Å². The lowest BCUT2D eigenvalue weighted by atomic mass is 10.1. The molecule has 1 aromatic carbocycles. The summed E-state index contributed by atoms with van der Waals surface area (Å²) in [6.07, 6.45) is 2.04. The molecule has 1 fully saturated rings. The molecule has 9 nitrogen and oxygen atoms in total. The summed E-state index contributed by atoms with van der Waals surface area (Å²) >= 11 is 0. The minimum atomic E-state index is -0.249. The number of hydrogen-bond acceptors (Lipinski definition) is 6. The van der Waals surface area contributed by atoms with Crippen LogP contribution >= 0.6 is 0 Å². The monoisotopic (exact) mass is 478 g/mol. The van der Waals surface area contributed by atoms with E-state index in [4.69, 9.17) is 4.74 Å². The minimum absolute atomic E-state index is 0.0316. The molecule has 186 valence electrons. The van der Waals surface area contributed by atoms with Crippen LogP contribution in [0.2, 0.25) is 0 Å². The first-order valence-electron chi connectivity index (χ1n) is 12.2. The fourth-order valence-electron chi connectivity index (χ4n) is 4.59. The molecule has 0 aliphatic carbocycles. The van der Waals surface area contributed by atoms with Crippen molar-refractivity contribution in [1.82, 2.24) is 29.4 Å². The normalized spacial score (nSPS) is 16.8. The number of carbonyl (C=O) groups excluding carboxylic acids is 2. The fraction of sp³-hybridized carbons (Fsp3) is 0.500. The summed E-state index contributed by atoms with van der Waals surface area (Å²) in [6.45, 7) is 10.1. The van der Waals surface area contributed by atoms with Gasteiger partial charge in [-0.25, -0.2) is 9.50 Å². The molecule has 3 heterocycles. The molecule has 0 saturated carbocycles. The van der Waals surface area contributed by atoms with E-state index in [2.05, 4.69) is 28.9 Å². The van der Waals surface area contributed by atoms with Gasteiger partial charge in [0.15, 0.2) is 0 Å². The maximum absolute atomic E-state index is 13.3. The van der Waals surface area contributed by atoms with Crippen LogP contribution in [-0.2, 0) is 27.4 Å². The molecule has 1 aliphatic rings. The first-order chi connectivity index (χ1) is 16.8. The Labute approximate surface area is 206 Å². The van der Waals surface area contributed by atoms with Crippen LogP contribution in [0.3, 0.4) is 0 Å². The van der Waals surface area contributed by atoms with Gasteiger partial charge in [0.05, 0.1) is 19.3 Å². The van der Waals surface area contributed by atoms with E-state index in [1.807, 2.05) is 49.1 Å². The van der Waals surface area contributed by atoms with Gasteiger partial charge in [0.1, 0.15) is 6.33 Å². The van der Waals surface area contributed by atoms with Crippen molar-refractivity contribution in [2.24, 2.45) is 5.92 Å². The van der Waals surface area contributed by atoms with Crippen LogP contribution in [0.5, 0.6) is 0 Å². The van der Waals surface area contributed by atoms with Crippen LogP contribution in [0, 0.1) is 19.8 Å². The number of amides is 2. The van der Waals surface area contributed by atoms with Crippen molar-refractivity contribution < 1.29 is 14.3 Å². The first-order valence-corrected chi connectivity index (χ1v) is 12.2. The molecule has 1 unspecified atom stereocenters. The van der Waals surface area contributed by atoms with Crippen LogP contribution in [0.1, 0.15) is 42.8 Å². The molecule has 0 radical (unpaired) electrons. The molecule has 0 bridgehead atoms. The highest BCUT2D eigenvalue weighted by Crippen LogP contribution is 2.18. The fourth-order valence-corrected chi connectivity index (χ4v) is 4.59. The SMILES string of the molecule is Cc1nc2ncnn2c(C)c1CCC(=O)N1CC(=O)N(CC(C)C)CC(OCc2ccccc2)C1. The lowest BCUT2D eigenvalue weighted by molar-refractivity contribution is -0.139. The Morgan fingerprint density at radius 3 is 2.69 bits per heavy atom. The van der Waals surface area contributed by atoms with E-state index in [0.29, 0.717) is 44.4 Å². The summed E-state index contributed by atoms with van der Waals surface area (Å²) in [6, 6.07) is 9.96. The second kappa shape index (κ2) is 10.9. The summed E-state index contributed by atoms with van der Waals surface area (Å²) in [4.78, 5) is 38.5. The van der Waals surface area contributed by atoms with E-state index in [1.165, 1.54) is 6.33 Å². The van der Waals surface area contributed by atoms with Crippen LogP contribution in [0.4, 0.5) is 0 Å². The Balaban J connectivity index is 1.46. The van der Waals surface area contributed by atoms with Crippen LogP contribution < -0.4 is 0 Å². The molecule has 35 heavy (non-hydrogen) atoms. The smallest absolute Gasteiger partial charge is 0.252 e. The van der Waals surface area contributed by atoms with Crippen molar-refractivity contribution in [2.45, 2.75) is 53.2 Å². The van der Waals surface area contributed by atoms with Crippen molar-refractivity contribution in [3.8, 4) is 0 Å². The van der Waals surface area contributed by atoms with Crippen molar-refractivity contribution in [3.05, 3.63) is 59.2 Å². The molecule has 0 spiro atoms. The molecular formula is C26H34N6O3. The number of benzene rings is 1. The second-order valence-electron chi connectivity index (χ2n) is 9.62. The lowest BCUT2D eigenvalue weighted by Gasteiger charge is -2.26. The second-order valence-corrected chi connectivity index (χ2v) is 9.62. The molecule has 3 aromatic rings. The van der Waals surface area contributed by atoms with Crippen molar-refractivity contribution in [3.63, 3.8) is 0 Å². The zero-order valence-electron chi connectivity index (χ0n) is 21.0. The van der Waals surface area contributed by atoms with E-state index < -0.39 is 0 Å². The molecule has 9 heteroatoms. The van der Waals surface area contributed by atoms with E-state index in [0.717, 1.165) is 22.5 Å². The molecule has 4 rings (SSSR count). The highest BCUT2D eigenvalue weighted by Gasteiger charge is 2.31. The van der Waals surface area contributed by atoms with E-state index >= 15 is 0 Å². The number of ether oxygens (including phenoxy) is 1. The van der Waals surface area contributed by atoms with Gasteiger partial charge in [0.2, 0.25) is 11.8 Å². The number of carbonyl (C=O) groups is 2.